The maximum atomic E-state index is 13.8. The van der Waals surface area contributed by atoms with E-state index in [1.165, 1.54) is 11.3 Å². The largest absolute Gasteiger partial charge is 0.433 e. The van der Waals surface area contributed by atoms with Crippen molar-refractivity contribution in [2.75, 3.05) is 0 Å². The normalized spacial score (nSPS) is 12.4. The van der Waals surface area contributed by atoms with Crippen molar-refractivity contribution in [3.05, 3.63) is 88.4 Å². The van der Waals surface area contributed by atoms with E-state index in [1.807, 2.05) is 24.3 Å². The molecule has 0 aliphatic rings. The molecule has 0 aliphatic carbocycles. The van der Waals surface area contributed by atoms with Crippen LogP contribution in [0.25, 0.3) is 27.7 Å². The van der Waals surface area contributed by atoms with Crippen LogP contribution >= 0.6 is 11.3 Å². The molecule has 0 saturated heterocycles. The molecule has 5 rings (SSSR count). The number of alkyl halides is 3. The van der Waals surface area contributed by atoms with Crippen LogP contribution in [-0.2, 0) is 11.0 Å². The summed E-state index contributed by atoms with van der Waals surface area (Å²) >= 11 is 1.29. The summed E-state index contributed by atoms with van der Waals surface area (Å²) in [7, 11) is 0. The molecule has 0 amide bonds. The van der Waals surface area contributed by atoms with E-state index in [1.54, 1.807) is 35.7 Å². The third kappa shape index (κ3) is 4.08. The number of amidine groups is 1. The van der Waals surface area contributed by atoms with Gasteiger partial charge in [-0.2, -0.15) is 18.3 Å². The summed E-state index contributed by atoms with van der Waals surface area (Å²) in [5, 5.41) is 10.9. The lowest BCUT2D eigenvalue weighted by molar-refractivity contribution is -0.142. The van der Waals surface area contributed by atoms with Crippen molar-refractivity contribution in [2.45, 2.75) is 6.18 Å². The van der Waals surface area contributed by atoms with Gasteiger partial charge in [-0.25, -0.2) is 14.3 Å². The second-order valence-corrected chi connectivity index (χ2v) is 8.17. The molecule has 0 bridgehead atoms. The highest BCUT2D eigenvalue weighted by Gasteiger charge is 2.36. The van der Waals surface area contributed by atoms with E-state index < -0.39 is 23.5 Å². The number of nitrogens with two attached hydrogens (primary N) is 1. The summed E-state index contributed by atoms with van der Waals surface area (Å²) in [4.78, 5) is 22.0. The molecule has 2 N–H and O–H groups in total. The highest BCUT2D eigenvalue weighted by molar-refractivity contribution is 7.12. The number of halogens is 3. The molecule has 3 heterocycles. The predicted molar refractivity (Wildman–Crippen MR) is 121 cm³/mol. The molecule has 0 radical (unpaired) electrons. The fraction of sp³-hybridized carbons (Fsp3) is 0.0435. The summed E-state index contributed by atoms with van der Waals surface area (Å²) in [6.45, 7) is 0. The monoisotopic (exact) mass is 481 g/mol. The second-order valence-electron chi connectivity index (χ2n) is 7.22. The number of fused-ring (bicyclic) bond motifs is 2. The number of thiophene rings is 1. The van der Waals surface area contributed by atoms with Crippen LogP contribution in [0.1, 0.15) is 21.1 Å². The van der Waals surface area contributed by atoms with Crippen molar-refractivity contribution in [3.63, 3.8) is 0 Å². The van der Waals surface area contributed by atoms with Gasteiger partial charge >= 0.3 is 12.1 Å². The number of carbonyl (C=O) groups is 1. The molecule has 5 aromatic rings. The second kappa shape index (κ2) is 8.27. The zero-order chi connectivity index (χ0) is 23.9. The van der Waals surface area contributed by atoms with Crippen LogP contribution in [0.2, 0.25) is 0 Å². The lowest BCUT2D eigenvalue weighted by atomic mass is 10.0. The fourth-order valence-electron chi connectivity index (χ4n) is 3.38. The van der Waals surface area contributed by atoms with Crippen LogP contribution in [0.5, 0.6) is 0 Å². The molecule has 0 fully saturated rings. The number of rotatable bonds is 4. The number of carbonyl (C=O) groups excluding carboxylic acids is 1. The number of hydrogen-bond donors (Lipinski definition) is 1. The number of oxime groups is 1. The molecule has 0 aliphatic heterocycles. The summed E-state index contributed by atoms with van der Waals surface area (Å²) in [6, 6.07) is 18.1. The summed E-state index contributed by atoms with van der Waals surface area (Å²) in [6.07, 6.45) is -4.75. The minimum atomic E-state index is -4.75. The first-order valence-corrected chi connectivity index (χ1v) is 10.7. The van der Waals surface area contributed by atoms with E-state index in [0.717, 1.165) is 22.9 Å². The first kappa shape index (κ1) is 21.6. The Bertz CT molecular complexity index is 1560. The Labute approximate surface area is 193 Å². The molecule has 34 heavy (non-hydrogen) atoms. The lowest BCUT2D eigenvalue weighted by Gasteiger charge is -2.11. The Morgan fingerprint density at radius 3 is 2.56 bits per heavy atom. The standard InChI is InChI=1S/C23H14F3N5O2S/c24-23(25,26)19-11-16(15-8-7-13-4-1-2-5-14(13)10-15)28-20-12-17(29-31(19)20)22(32)33-30-21(27)18-6-3-9-34-18/h1-12H,(H2,27,30). The van der Waals surface area contributed by atoms with Gasteiger partial charge < -0.3 is 10.6 Å². The van der Waals surface area contributed by atoms with Gasteiger partial charge in [-0.15, -0.1) is 11.3 Å². The molecular formula is C23H14F3N5O2S. The summed E-state index contributed by atoms with van der Waals surface area (Å²) in [5.41, 5.74) is 4.68. The zero-order valence-electron chi connectivity index (χ0n) is 17.2. The van der Waals surface area contributed by atoms with Gasteiger partial charge in [0.05, 0.1) is 10.6 Å². The summed E-state index contributed by atoms with van der Waals surface area (Å²) in [5.74, 6) is -1.11. The minimum Gasteiger partial charge on any atom is -0.380 e. The van der Waals surface area contributed by atoms with Crippen LogP contribution in [0.3, 0.4) is 0 Å². The van der Waals surface area contributed by atoms with E-state index in [-0.39, 0.29) is 17.2 Å². The molecule has 0 spiro atoms. The Hall–Kier alpha value is -4.25. The average Bonchev–Trinajstić information content (AvgIpc) is 3.51. The number of benzene rings is 2. The Balaban J connectivity index is 1.55. The molecule has 11 heteroatoms. The maximum Gasteiger partial charge on any atom is 0.433 e. The highest BCUT2D eigenvalue weighted by atomic mass is 32.1. The quantitative estimate of drug-likeness (QED) is 0.167. The highest BCUT2D eigenvalue weighted by Crippen LogP contribution is 2.33. The Kier molecular flexibility index (Phi) is 5.25. The van der Waals surface area contributed by atoms with Crippen molar-refractivity contribution < 1.29 is 22.8 Å². The first-order valence-electron chi connectivity index (χ1n) is 9.85. The molecule has 3 aromatic heterocycles. The van der Waals surface area contributed by atoms with Gasteiger partial charge in [0.2, 0.25) is 0 Å². The van der Waals surface area contributed by atoms with Gasteiger partial charge in [0.1, 0.15) is 0 Å². The van der Waals surface area contributed by atoms with E-state index in [9.17, 15) is 18.0 Å². The molecule has 0 saturated carbocycles. The topological polar surface area (TPSA) is 94.9 Å². The van der Waals surface area contributed by atoms with Crippen LogP contribution in [0, 0.1) is 0 Å². The van der Waals surface area contributed by atoms with Gasteiger partial charge in [-0.05, 0) is 34.4 Å². The van der Waals surface area contributed by atoms with Crippen molar-refractivity contribution >= 4 is 39.6 Å². The van der Waals surface area contributed by atoms with Crippen molar-refractivity contribution in [1.29, 1.82) is 0 Å². The van der Waals surface area contributed by atoms with Gasteiger partial charge in [0.25, 0.3) is 0 Å². The third-order valence-electron chi connectivity index (χ3n) is 4.97. The molecule has 7 nitrogen and oxygen atoms in total. The van der Waals surface area contributed by atoms with Crippen LogP contribution < -0.4 is 5.73 Å². The molecule has 2 aromatic carbocycles. The maximum absolute atomic E-state index is 13.8. The first-order chi connectivity index (χ1) is 16.3. The molecular weight excluding hydrogens is 467 g/mol. The smallest absolute Gasteiger partial charge is 0.380 e. The van der Waals surface area contributed by atoms with E-state index >= 15 is 0 Å². The van der Waals surface area contributed by atoms with Crippen LogP contribution in [-0.4, -0.2) is 26.4 Å². The van der Waals surface area contributed by atoms with Crippen molar-refractivity contribution in [2.24, 2.45) is 10.9 Å². The molecule has 0 atom stereocenters. The number of aromatic nitrogens is 3. The van der Waals surface area contributed by atoms with Gasteiger partial charge in [-0.3, -0.25) is 0 Å². The predicted octanol–water partition coefficient (Wildman–Crippen LogP) is 5.11. The van der Waals surface area contributed by atoms with Crippen molar-refractivity contribution in [3.8, 4) is 11.3 Å². The van der Waals surface area contributed by atoms with Crippen LogP contribution in [0.4, 0.5) is 13.2 Å². The Morgan fingerprint density at radius 2 is 1.82 bits per heavy atom. The van der Waals surface area contributed by atoms with Gasteiger partial charge in [0, 0.05) is 11.6 Å². The lowest BCUT2D eigenvalue weighted by Crippen LogP contribution is -2.15. The third-order valence-corrected chi connectivity index (χ3v) is 5.86. The van der Waals surface area contributed by atoms with E-state index in [0.29, 0.717) is 15.0 Å². The van der Waals surface area contributed by atoms with Gasteiger partial charge in [0.15, 0.2) is 22.9 Å². The molecule has 170 valence electrons. The number of nitrogens with zero attached hydrogens (tertiary/aromatic N) is 4. The van der Waals surface area contributed by atoms with E-state index in [4.69, 9.17) is 10.6 Å². The SMILES string of the molecule is N/C(=N\OC(=O)c1cc2nc(-c3ccc4ccccc4c3)cc(C(F)(F)F)n2n1)c1cccs1. The van der Waals surface area contributed by atoms with Gasteiger partial charge in [-0.1, -0.05) is 47.6 Å². The minimum absolute atomic E-state index is 0.0418. The average molecular weight is 481 g/mol. The summed E-state index contributed by atoms with van der Waals surface area (Å²) < 4.78 is 42.1. The molecule has 0 unspecified atom stereocenters. The number of hydrogen-bond acceptors (Lipinski definition) is 6. The fourth-order valence-corrected chi connectivity index (χ4v) is 4.00. The van der Waals surface area contributed by atoms with Crippen molar-refractivity contribution in [1.82, 2.24) is 14.6 Å². The zero-order valence-corrected chi connectivity index (χ0v) is 18.0. The van der Waals surface area contributed by atoms with E-state index in [2.05, 4.69) is 15.2 Å². The van der Waals surface area contributed by atoms with Crippen LogP contribution in [0.15, 0.2) is 77.3 Å². The Morgan fingerprint density at radius 1 is 1.03 bits per heavy atom.